The van der Waals surface area contributed by atoms with Crippen LogP contribution in [0.25, 0.3) is 11.4 Å². The van der Waals surface area contributed by atoms with E-state index in [0.29, 0.717) is 0 Å². The smallest absolute Gasteiger partial charge is 0.770 e. The zero-order valence-corrected chi connectivity index (χ0v) is 21.3. The summed E-state index contributed by atoms with van der Waals surface area (Å²) in [6.07, 6.45) is 3.75. The van der Waals surface area contributed by atoms with Gasteiger partial charge in [0.25, 0.3) is 0 Å². The van der Waals surface area contributed by atoms with Gasteiger partial charge >= 0.3 is 21.1 Å². The Balaban J connectivity index is 0.000000747. The number of aromatic nitrogens is 2. The topological polar surface area (TPSA) is 73.4 Å². The Morgan fingerprint density at radius 3 is 1.31 bits per heavy atom. The van der Waals surface area contributed by atoms with Crippen molar-refractivity contribution in [3.63, 3.8) is 0 Å². The molecule has 0 radical (unpaired) electrons. The minimum atomic E-state index is -0.109. The minimum Gasteiger partial charge on any atom is -0.770 e. The molecule has 0 spiro atoms. The number of nitriles is 2. The molecule has 0 saturated carbocycles. The molecule has 0 aliphatic rings. The van der Waals surface area contributed by atoms with Crippen LogP contribution in [0.4, 0.5) is 0 Å². The van der Waals surface area contributed by atoms with Gasteiger partial charge in [-0.15, -0.1) is 9.81 Å². The van der Waals surface area contributed by atoms with E-state index in [4.69, 9.17) is 10.5 Å². The summed E-state index contributed by atoms with van der Waals surface area (Å²) in [4.78, 5) is 8.75. The Morgan fingerprint density at radius 1 is 0.759 bits per heavy atom. The third-order valence-corrected chi connectivity index (χ3v) is 4.64. The van der Waals surface area contributed by atoms with E-state index in [2.05, 4.69) is 101 Å². The third kappa shape index (κ3) is 8.58. The van der Waals surface area contributed by atoms with E-state index in [1.807, 2.05) is 12.4 Å². The number of hydrogen-bond acceptors (Lipinski definition) is 6. The van der Waals surface area contributed by atoms with Crippen molar-refractivity contribution in [2.45, 2.75) is 52.4 Å². The van der Waals surface area contributed by atoms with Gasteiger partial charge in [0.15, 0.2) is 0 Å². The van der Waals surface area contributed by atoms with E-state index in [1.54, 1.807) is 12.1 Å². The van der Waals surface area contributed by atoms with Gasteiger partial charge in [0, 0.05) is 12.4 Å². The van der Waals surface area contributed by atoms with Crippen LogP contribution < -0.4 is 0 Å². The van der Waals surface area contributed by atoms with E-state index in [0.717, 1.165) is 11.4 Å². The fourth-order valence-electron chi connectivity index (χ4n) is 2.18. The Hall–Kier alpha value is -1.85. The molecule has 154 valence electrons. The molecule has 0 aromatic carbocycles. The average molecular weight is 604 g/mol. The van der Waals surface area contributed by atoms with Gasteiger partial charge in [0.05, 0.1) is 23.5 Å². The quantitative estimate of drug-likeness (QED) is 0.335. The maximum atomic E-state index is 8.01. The van der Waals surface area contributed by atoms with Crippen LogP contribution in [0.1, 0.15) is 52.7 Å². The molecule has 0 atom stereocenters. The van der Waals surface area contributed by atoms with Gasteiger partial charge in [0.1, 0.15) is 0 Å². The van der Waals surface area contributed by atoms with Gasteiger partial charge < -0.3 is 25.3 Å². The van der Waals surface area contributed by atoms with Gasteiger partial charge in [-0.05, 0) is 46.2 Å². The Labute approximate surface area is 199 Å². The standard InChI is InChI=1S/C18H24N2.C4H2N2S2.Pt/c1-17(2,3)13-7-9-19-15(11-13)16-12-14(8-10-20-16)18(4,5)6;5-1-3(7)4(8)2-6;/h7-12H,1-6H3;7-8H;/q;;+2/p-2. The molecular weight excluding hydrogens is 579 g/mol. The number of nitrogens with zero attached hydrogens (tertiary/aromatic N) is 4. The zero-order chi connectivity index (χ0) is 21.5. The van der Waals surface area contributed by atoms with Crippen molar-refractivity contribution in [2.24, 2.45) is 0 Å². The first-order chi connectivity index (χ1) is 12.9. The van der Waals surface area contributed by atoms with E-state index >= 15 is 0 Å². The molecule has 4 nitrogen and oxygen atoms in total. The summed E-state index contributed by atoms with van der Waals surface area (Å²) in [7, 11) is 0. The molecule has 7 heteroatoms. The van der Waals surface area contributed by atoms with Gasteiger partial charge in [0.2, 0.25) is 0 Å². The Morgan fingerprint density at radius 2 is 1.07 bits per heavy atom. The average Bonchev–Trinajstić information content (AvgIpc) is 2.66. The van der Waals surface area contributed by atoms with Crippen LogP contribution in [-0.2, 0) is 57.2 Å². The molecule has 0 amide bonds. The summed E-state index contributed by atoms with van der Waals surface area (Å²) in [5.41, 5.74) is 4.71. The summed E-state index contributed by atoms with van der Waals surface area (Å²) in [6, 6.07) is 11.6. The molecule has 29 heavy (non-hydrogen) atoms. The Bertz CT molecular complexity index is 865. The summed E-state index contributed by atoms with van der Waals surface area (Å²) in [6.45, 7) is 13.3. The molecule has 0 bridgehead atoms. The molecule has 0 fully saturated rings. The van der Waals surface area contributed by atoms with Gasteiger partial charge in [-0.25, -0.2) is 0 Å². The molecule has 0 aliphatic heterocycles. The molecule has 0 aliphatic carbocycles. The van der Waals surface area contributed by atoms with Crippen LogP contribution in [0.3, 0.4) is 0 Å². The molecule has 0 saturated heterocycles. The minimum absolute atomic E-state index is 0. The molecule has 2 aromatic rings. The molecule has 0 unspecified atom stereocenters. The van der Waals surface area contributed by atoms with Gasteiger partial charge in [-0.2, -0.15) is 10.5 Å². The van der Waals surface area contributed by atoms with Crippen LogP contribution in [-0.4, -0.2) is 9.97 Å². The van der Waals surface area contributed by atoms with Gasteiger partial charge in [-0.3, -0.25) is 9.97 Å². The van der Waals surface area contributed by atoms with Crippen LogP contribution in [0, 0.1) is 22.7 Å². The van der Waals surface area contributed by atoms with Gasteiger partial charge in [-0.1, -0.05) is 41.5 Å². The van der Waals surface area contributed by atoms with Crippen molar-refractivity contribution in [1.29, 1.82) is 10.5 Å². The molecule has 2 rings (SSSR count). The van der Waals surface area contributed by atoms with Crippen LogP contribution >= 0.6 is 0 Å². The summed E-state index contributed by atoms with van der Waals surface area (Å²) in [5.74, 6) is 0. The third-order valence-electron chi connectivity index (χ3n) is 3.92. The van der Waals surface area contributed by atoms with Crippen molar-refractivity contribution in [3.8, 4) is 23.5 Å². The zero-order valence-electron chi connectivity index (χ0n) is 17.4. The number of hydrogen-bond donors (Lipinski definition) is 0. The van der Waals surface area contributed by atoms with Crippen LogP contribution in [0.2, 0.25) is 0 Å². The van der Waals surface area contributed by atoms with Crippen molar-refractivity contribution in [3.05, 3.63) is 57.6 Å². The monoisotopic (exact) mass is 603 g/mol. The van der Waals surface area contributed by atoms with E-state index < -0.39 is 0 Å². The van der Waals surface area contributed by atoms with E-state index in [-0.39, 0.29) is 41.7 Å². The second-order valence-corrected chi connectivity index (χ2v) is 9.06. The fraction of sp³-hybridized carbons (Fsp3) is 0.364. The second kappa shape index (κ2) is 11.4. The first-order valence-electron chi connectivity index (χ1n) is 8.72. The molecule has 2 aromatic heterocycles. The summed E-state index contributed by atoms with van der Waals surface area (Å²) in [5, 5.41) is 16.0. The SMILES string of the molecule is CC(C)(C)c1ccnc(-c2cc(C(C)(C)C)ccn2)c1.N#CC([S-])=C([S-])C#N.[Pt+2]. The summed E-state index contributed by atoms with van der Waals surface area (Å²) < 4.78 is 0. The first-order valence-corrected chi connectivity index (χ1v) is 9.53. The largest absolute Gasteiger partial charge is 2.00 e. The molecular formula is C22H24N4PtS2. The van der Waals surface area contributed by atoms with E-state index in [1.165, 1.54) is 11.1 Å². The Kier molecular flexibility index (Phi) is 10.6. The number of pyridine rings is 2. The number of rotatable bonds is 1. The normalized spacial score (nSPS) is 11.6. The van der Waals surface area contributed by atoms with Crippen molar-refractivity contribution in [2.75, 3.05) is 0 Å². The maximum Gasteiger partial charge on any atom is 2.00 e. The predicted octanol–water partition coefficient (Wildman–Crippen LogP) is 5.08. The molecule has 0 N–H and O–H groups in total. The van der Waals surface area contributed by atoms with Crippen LogP contribution in [0.15, 0.2) is 46.5 Å². The summed E-state index contributed by atoms with van der Waals surface area (Å²) >= 11 is 8.70. The number of allylic oxidation sites excluding steroid dienone is 2. The first kappa shape index (κ1) is 27.1. The van der Waals surface area contributed by atoms with Crippen molar-refractivity contribution < 1.29 is 21.1 Å². The fourth-order valence-corrected chi connectivity index (χ4v) is 2.27. The van der Waals surface area contributed by atoms with E-state index in [9.17, 15) is 0 Å². The molecule has 2 heterocycles. The van der Waals surface area contributed by atoms with Crippen LogP contribution in [0.5, 0.6) is 0 Å². The van der Waals surface area contributed by atoms with Crippen molar-refractivity contribution in [1.82, 2.24) is 9.97 Å². The predicted molar refractivity (Wildman–Crippen MR) is 118 cm³/mol. The maximum absolute atomic E-state index is 8.01. The second-order valence-electron chi connectivity index (χ2n) is 8.24. The van der Waals surface area contributed by atoms with Crippen molar-refractivity contribution >= 4 is 25.3 Å².